The fraction of sp³-hybridized carbons (Fsp3) is 0.625. The van der Waals surface area contributed by atoms with Crippen molar-refractivity contribution in [1.82, 2.24) is 9.78 Å². The highest BCUT2D eigenvalue weighted by molar-refractivity contribution is 5.19. The Labute approximate surface area is 79.2 Å². The molecule has 0 unspecified atom stereocenters. The van der Waals surface area contributed by atoms with E-state index < -0.39 is 18.5 Å². The molecule has 1 N–H and O–H groups in total. The van der Waals surface area contributed by atoms with Gasteiger partial charge in [-0.05, 0) is 6.42 Å². The summed E-state index contributed by atoms with van der Waals surface area (Å²) in [5.74, 6) is 0. The molecule has 1 aromatic rings. The Morgan fingerprint density at radius 2 is 2.14 bits per heavy atom. The van der Waals surface area contributed by atoms with Crippen molar-refractivity contribution in [2.45, 2.75) is 32.7 Å². The monoisotopic (exact) mass is 208 g/mol. The second-order valence-corrected chi connectivity index (χ2v) is 2.90. The van der Waals surface area contributed by atoms with Gasteiger partial charge in [0.25, 0.3) is 0 Å². The smallest absolute Gasteiger partial charge is 0.392 e. The van der Waals surface area contributed by atoms with E-state index in [1.54, 1.807) is 6.92 Å². The van der Waals surface area contributed by atoms with Crippen molar-refractivity contribution in [1.29, 1.82) is 0 Å². The van der Waals surface area contributed by atoms with Gasteiger partial charge in [0.15, 0.2) is 0 Å². The third-order valence-electron chi connectivity index (χ3n) is 1.79. The zero-order valence-corrected chi connectivity index (χ0v) is 7.67. The topological polar surface area (TPSA) is 38.0 Å². The summed E-state index contributed by atoms with van der Waals surface area (Å²) in [7, 11) is 0. The average Bonchev–Trinajstić information content (AvgIpc) is 2.47. The van der Waals surface area contributed by atoms with Gasteiger partial charge < -0.3 is 5.11 Å². The van der Waals surface area contributed by atoms with Crippen LogP contribution < -0.4 is 0 Å². The van der Waals surface area contributed by atoms with Gasteiger partial charge in [-0.15, -0.1) is 0 Å². The maximum absolute atomic E-state index is 12.5. The van der Waals surface area contributed by atoms with E-state index in [4.69, 9.17) is 5.11 Å². The average molecular weight is 208 g/mol. The van der Waals surface area contributed by atoms with Crippen LogP contribution >= 0.6 is 0 Å². The first-order valence-electron chi connectivity index (χ1n) is 4.23. The lowest BCUT2D eigenvalue weighted by Gasteiger charge is -2.10. The highest BCUT2D eigenvalue weighted by Gasteiger charge is 2.37. The molecule has 0 spiro atoms. The second kappa shape index (κ2) is 4.00. The van der Waals surface area contributed by atoms with Gasteiger partial charge in [-0.2, -0.15) is 18.3 Å². The molecule has 0 atom stereocenters. The lowest BCUT2D eigenvalue weighted by atomic mass is 10.2. The standard InChI is InChI=1S/C8H11F3N2O/c1-2-3-13-7(8(9,10)11)6(5-14)4-12-13/h4,14H,2-3,5H2,1H3. The molecule has 0 bridgehead atoms. The number of hydrogen-bond donors (Lipinski definition) is 1. The number of nitrogens with zero attached hydrogens (tertiary/aromatic N) is 2. The van der Waals surface area contributed by atoms with E-state index in [0.717, 1.165) is 10.9 Å². The zero-order chi connectivity index (χ0) is 10.8. The molecule has 0 aliphatic heterocycles. The molecule has 0 radical (unpaired) electrons. The van der Waals surface area contributed by atoms with Crippen LogP contribution in [0.5, 0.6) is 0 Å². The molecule has 1 aromatic heterocycles. The van der Waals surface area contributed by atoms with Crippen LogP contribution in [0.2, 0.25) is 0 Å². The van der Waals surface area contributed by atoms with Gasteiger partial charge in [0.1, 0.15) is 5.69 Å². The number of aliphatic hydroxyl groups is 1. The highest BCUT2D eigenvalue weighted by Crippen LogP contribution is 2.32. The number of hydrogen-bond acceptors (Lipinski definition) is 2. The van der Waals surface area contributed by atoms with Gasteiger partial charge in [-0.1, -0.05) is 6.92 Å². The molecule has 0 aliphatic rings. The predicted molar refractivity (Wildman–Crippen MR) is 43.4 cm³/mol. The zero-order valence-electron chi connectivity index (χ0n) is 7.67. The SMILES string of the molecule is CCCn1ncc(CO)c1C(F)(F)F. The third kappa shape index (κ3) is 2.06. The lowest BCUT2D eigenvalue weighted by Crippen LogP contribution is -2.16. The maximum atomic E-state index is 12.5. The number of aryl methyl sites for hydroxylation is 1. The first-order chi connectivity index (χ1) is 6.50. The predicted octanol–water partition coefficient (Wildman–Crippen LogP) is 1.80. The van der Waals surface area contributed by atoms with Crippen LogP contribution in [0.15, 0.2) is 6.20 Å². The first kappa shape index (κ1) is 11.0. The van der Waals surface area contributed by atoms with E-state index in [1.807, 2.05) is 0 Å². The summed E-state index contributed by atoms with van der Waals surface area (Å²) in [5, 5.41) is 12.3. The van der Waals surface area contributed by atoms with E-state index in [0.29, 0.717) is 6.42 Å². The van der Waals surface area contributed by atoms with Crippen LogP contribution in [0.3, 0.4) is 0 Å². The van der Waals surface area contributed by atoms with Gasteiger partial charge in [-0.3, -0.25) is 4.68 Å². The fourth-order valence-corrected chi connectivity index (χ4v) is 1.25. The van der Waals surface area contributed by atoms with Crippen LogP contribution in [-0.4, -0.2) is 14.9 Å². The Bertz CT molecular complexity index is 306. The molecule has 0 fully saturated rings. The minimum Gasteiger partial charge on any atom is -0.392 e. The van der Waals surface area contributed by atoms with Crippen molar-refractivity contribution >= 4 is 0 Å². The molecule has 1 heterocycles. The molecule has 14 heavy (non-hydrogen) atoms. The summed E-state index contributed by atoms with van der Waals surface area (Å²) in [6, 6.07) is 0. The van der Waals surface area contributed by atoms with Crippen LogP contribution in [0.1, 0.15) is 24.6 Å². The normalized spacial score (nSPS) is 12.1. The summed E-state index contributed by atoms with van der Waals surface area (Å²) >= 11 is 0. The van der Waals surface area contributed by atoms with Crippen molar-refractivity contribution in [3.63, 3.8) is 0 Å². The van der Waals surface area contributed by atoms with Crippen molar-refractivity contribution < 1.29 is 18.3 Å². The first-order valence-corrected chi connectivity index (χ1v) is 4.23. The molecule has 80 valence electrons. The fourth-order valence-electron chi connectivity index (χ4n) is 1.25. The van der Waals surface area contributed by atoms with Gasteiger partial charge in [0.05, 0.1) is 12.8 Å². The molecular formula is C8H11F3N2O. The number of aromatic nitrogens is 2. The minimum atomic E-state index is -4.45. The molecule has 0 aliphatic carbocycles. The third-order valence-corrected chi connectivity index (χ3v) is 1.79. The van der Waals surface area contributed by atoms with Crippen LogP contribution in [0.25, 0.3) is 0 Å². The molecule has 0 aromatic carbocycles. The van der Waals surface area contributed by atoms with Crippen LogP contribution in [-0.2, 0) is 19.3 Å². The quantitative estimate of drug-likeness (QED) is 0.822. The van der Waals surface area contributed by atoms with E-state index in [2.05, 4.69) is 5.10 Å². The molecule has 3 nitrogen and oxygen atoms in total. The van der Waals surface area contributed by atoms with Crippen molar-refractivity contribution in [2.75, 3.05) is 0 Å². The van der Waals surface area contributed by atoms with Gasteiger partial charge in [-0.25, -0.2) is 0 Å². The maximum Gasteiger partial charge on any atom is 0.433 e. The van der Waals surface area contributed by atoms with E-state index in [9.17, 15) is 13.2 Å². The van der Waals surface area contributed by atoms with Crippen molar-refractivity contribution in [3.8, 4) is 0 Å². The molecule has 0 amide bonds. The second-order valence-electron chi connectivity index (χ2n) is 2.90. The lowest BCUT2D eigenvalue weighted by molar-refractivity contribution is -0.145. The Morgan fingerprint density at radius 3 is 2.57 bits per heavy atom. The van der Waals surface area contributed by atoms with Gasteiger partial charge in [0, 0.05) is 12.1 Å². The van der Waals surface area contributed by atoms with Gasteiger partial charge in [0.2, 0.25) is 0 Å². The van der Waals surface area contributed by atoms with Crippen molar-refractivity contribution in [3.05, 3.63) is 17.5 Å². The Balaban J connectivity index is 3.13. The van der Waals surface area contributed by atoms with Crippen LogP contribution in [0.4, 0.5) is 13.2 Å². The summed E-state index contributed by atoms with van der Waals surface area (Å²) in [6.07, 6.45) is -2.84. The molecule has 1 rings (SSSR count). The molecule has 0 saturated heterocycles. The van der Waals surface area contributed by atoms with E-state index >= 15 is 0 Å². The molecule has 0 saturated carbocycles. The Kier molecular flexibility index (Phi) is 3.15. The summed E-state index contributed by atoms with van der Waals surface area (Å²) in [5.41, 5.74) is -1.02. The highest BCUT2D eigenvalue weighted by atomic mass is 19.4. The summed E-state index contributed by atoms with van der Waals surface area (Å²) in [4.78, 5) is 0. The van der Waals surface area contributed by atoms with E-state index in [-0.39, 0.29) is 12.1 Å². The van der Waals surface area contributed by atoms with Gasteiger partial charge >= 0.3 is 6.18 Å². The van der Waals surface area contributed by atoms with E-state index in [1.165, 1.54) is 0 Å². The number of halogens is 3. The number of rotatable bonds is 3. The summed E-state index contributed by atoms with van der Waals surface area (Å²) in [6.45, 7) is 1.33. The van der Waals surface area contributed by atoms with Crippen molar-refractivity contribution in [2.24, 2.45) is 0 Å². The largest absolute Gasteiger partial charge is 0.433 e. The number of aliphatic hydroxyl groups excluding tert-OH is 1. The number of alkyl halides is 3. The molecular weight excluding hydrogens is 197 g/mol. The Morgan fingerprint density at radius 1 is 1.50 bits per heavy atom. The molecule has 6 heteroatoms. The Hall–Kier alpha value is -1.04. The van der Waals surface area contributed by atoms with Crippen LogP contribution in [0, 0.1) is 0 Å². The minimum absolute atomic E-state index is 0.175. The summed E-state index contributed by atoms with van der Waals surface area (Å²) < 4.78 is 38.3.